The van der Waals surface area contributed by atoms with Gasteiger partial charge >= 0.3 is 5.97 Å². The van der Waals surface area contributed by atoms with Gasteiger partial charge in [0.15, 0.2) is 0 Å². The van der Waals surface area contributed by atoms with Crippen molar-refractivity contribution in [1.29, 1.82) is 0 Å². The summed E-state index contributed by atoms with van der Waals surface area (Å²) in [5, 5.41) is 23.0. The number of nitro benzene ring substituents is 1. The van der Waals surface area contributed by atoms with E-state index in [1.54, 1.807) is 0 Å². The summed E-state index contributed by atoms with van der Waals surface area (Å²) in [4.78, 5) is 21.3. The van der Waals surface area contributed by atoms with Crippen LogP contribution in [0.25, 0.3) is 0 Å². The number of nitro groups is 1. The maximum absolute atomic E-state index is 13.8. The molecule has 0 aliphatic heterocycles. The molecular formula is C14H17FN2O4. The lowest BCUT2D eigenvalue weighted by atomic mass is 9.87. The van der Waals surface area contributed by atoms with Gasteiger partial charge in [-0.05, 0) is 18.3 Å². The molecule has 7 heteroatoms. The maximum atomic E-state index is 13.8. The molecule has 0 amide bonds. The highest BCUT2D eigenvalue weighted by molar-refractivity contribution is 5.90. The van der Waals surface area contributed by atoms with E-state index in [4.69, 9.17) is 5.11 Å². The minimum atomic E-state index is -1.52. The second-order valence-corrected chi connectivity index (χ2v) is 5.99. The summed E-state index contributed by atoms with van der Waals surface area (Å²) in [7, 11) is 0. The zero-order chi connectivity index (χ0) is 15.8. The van der Waals surface area contributed by atoms with Gasteiger partial charge in [0.2, 0.25) is 0 Å². The van der Waals surface area contributed by atoms with Crippen LogP contribution in [0, 0.1) is 21.3 Å². The van der Waals surface area contributed by atoms with Crippen LogP contribution >= 0.6 is 0 Å². The molecule has 0 heterocycles. The predicted molar refractivity (Wildman–Crippen MR) is 75.1 cm³/mol. The van der Waals surface area contributed by atoms with Crippen molar-refractivity contribution in [2.75, 3.05) is 5.32 Å². The number of halogens is 1. The summed E-state index contributed by atoms with van der Waals surface area (Å²) in [5.41, 5.74) is -1.13. The topological polar surface area (TPSA) is 92.5 Å². The molecule has 1 atom stereocenters. The molecule has 0 spiro atoms. The van der Waals surface area contributed by atoms with Crippen LogP contribution in [0.4, 0.5) is 15.8 Å². The molecule has 114 valence electrons. The summed E-state index contributed by atoms with van der Waals surface area (Å²) < 4.78 is 13.8. The Morgan fingerprint density at radius 2 is 2.19 bits per heavy atom. The molecule has 6 nitrogen and oxygen atoms in total. The molecule has 0 saturated heterocycles. The smallest absolute Gasteiger partial charge is 0.338 e. The van der Waals surface area contributed by atoms with E-state index < -0.39 is 28.0 Å². The molecule has 1 aromatic rings. The minimum Gasteiger partial charge on any atom is -0.478 e. The van der Waals surface area contributed by atoms with Crippen LogP contribution in [-0.4, -0.2) is 22.0 Å². The number of nitrogens with zero attached hydrogens (tertiary/aromatic N) is 1. The maximum Gasteiger partial charge on any atom is 0.338 e. The molecule has 1 aliphatic rings. The lowest BCUT2D eigenvalue weighted by Gasteiger charge is -2.28. The minimum absolute atomic E-state index is 0.00808. The SMILES string of the molecule is CC1(C)CCCC1Nc1cc(F)c(C(=O)O)cc1[N+](=O)[O-]. The van der Waals surface area contributed by atoms with Crippen molar-refractivity contribution in [1.82, 2.24) is 0 Å². The number of nitrogens with one attached hydrogen (secondary N) is 1. The first-order chi connectivity index (χ1) is 9.72. The van der Waals surface area contributed by atoms with Crippen molar-refractivity contribution >= 4 is 17.3 Å². The normalized spacial score (nSPS) is 20.2. The Kier molecular flexibility index (Phi) is 3.85. The average Bonchev–Trinajstić information content (AvgIpc) is 2.68. The quantitative estimate of drug-likeness (QED) is 0.656. The van der Waals surface area contributed by atoms with Gasteiger partial charge in [-0.15, -0.1) is 0 Å². The molecule has 1 unspecified atom stereocenters. The van der Waals surface area contributed by atoms with Gasteiger partial charge in [-0.3, -0.25) is 10.1 Å². The van der Waals surface area contributed by atoms with Crippen LogP contribution in [0.15, 0.2) is 12.1 Å². The Hall–Kier alpha value is -2.18. The van der Waals surface area contributed by atoms with Gasteiger partial charge < -0.3 is 10.4 Å². The monoisotopic (exact) mass is 296 g/mol. The molecule has 0 bridgehead atoms. The molecule has 0 radical (unpaired) electrons. The zero-order valence-corrected chi connectivity index (χ0v) is 11.9. The number of benzene rings is 1. The number of hydrogen-bond acceptors (Lipinski definition) is 4. The third kappa shape index (κ3) is 2.96. The summed E-state index contributed by atoms with van der Waals surface area (Å²) in [5.74, 6) is -2.50. The molecule has 2 rings (SSSR count). The Bertz CT molecular complexity index is 601. The van der Waals surface area contributed by atoms with Crippen molar-refractivity contribution < 1.29 is 19.2 Å². The van der Waals surface area contributed by atoms with Crippen molar-refractivity contribution in [2.45, 2.75) is 39.2 Å². The zero-order valence-electron chi connectivity index (χ0n) is 11.9. The van der Waals surface area contributed by atoms with E-state index in [0.717, 1.165) is 31.4 Å². The highest BCUT2D eigenvalue weighted by atomic mass is 19.1. The summed E-state index contributed by atoms with van der Waals surface area (Å²) in [6.45, 7) is 4.09. The molecule has 2 N–H and O–H groups in total. The molecule has 1 aromatic carbocycles. The van der Waals surface area contributed by atoms with E-state index in [1.807, 2.05) is 13.8 Å². The molecule has 1 aliphatic carbocycles. The van der Waals surface area contributed by atoms with Crippen molar-refractivity contribution in [3.63, 3.8) is 0 Å². The summed E-state index contributed by atoms with van der Waals surface area (Å²) in [6.07, 6.45) is 2.81. The fourth-order valence-electron chi connectivity index (χ4n) is 2.77. The standard InChI is InChI=1S/C14H17FN2O4/c1-14(2)5-3-4-12(14)16-10-7-9(15)8(13(18)19)6-11(10)17(20)21/h6-7,12,16H,3-5H2,1-2H3,(H,18,19). The average molecular weight is 296 g/mol. The number of aromatic carboxylic acids is 1. The molecule has 1 fully saturated rings. The fraction of sp³-hybridized carbons (Fsp3) is 0.500. The van der Waals surface area contributed by atoms with Crippen LogP contribution in [0.5, 0.6) is 0 Å². The fourth-order valence-corrected chi connectivity index (χ4v) is 2.77. The second kappa shape index (κ2) is 5.31. The van der Waals surface area contributed by atoms with Crippen molar-refractivity contribution in [2.24, 2.45) is 5.41 Å². The Morgan fingerprint density at radius 3 is 2.67 bits per heavy atom. The number of rotatable bonds is 4. The van der Waals surface area contributed by atoms with Gasteiger partial charge in [0, 0.05) is 18.2 Å². The first kappa shape index (κ1) is 15.2. The van der Waals surface area contributed by atoms with E-state index in [9.17, 15) is 19.3 Å². The molecular weight excluding hydrogens is 279 g/mol. The Morgan fingerprint density at radius 1 is 1.52 bits per heavy atom. The van der Waals surface area contributed by atoms with Crippen LogP contribution in [0.2, 0.25) is 0 Å². The number of carbonyl (C=O) groups is 1. The first-order valence-corrected chi connectivity index (χ1v) is 6.70. The predicted octanol–water partition coefficient (Wildman–Crippen LogP) is 3.42. The lowest BCUT2D eigenvalue weighted by Crippen LogP contribution is -2.31. The van der Waals surface area contributed by atoms with E-state index in [1.165, 1.54) is 0 Å². The number of carboxylic acids is 1. The van der Waals surface area contributed by atoms with Crippen LogP contribution in [-0.2, 0) is 0 Å². The molecule has 0 aromatic heterocycles. The van der Waals surface area contributed by atoms with Crippen LogP contribution < -0.4 is 5.32 Å². The van der Waals surface area contributed by atoms with E-state index in [-0.39, 0.29) is 17.1 Å². The van der Waals surface area contributed by atoms with Gasteiger partial charge in [-0.2, -0.15) is 0 Å². The highest BCUT2D eigenvalue weighted by Crippen LogP contribution is 2.40. The third-order valence-electron chi connectivity index (χ3n) is 4.10. The van der Waals surface area contributed by atoms with Crippen LogP contribution in [0.1, 0.15) is 43.5 Å². The first-order valence-electron chi connectivity index (χ1n) is 6.70. The van der Waals surface area contributed by atoms with Gasteiger partial charge in [0.25, 0.3) is 5.69 Å². The van der Waals surface area contributed by atoms with E-state index in [2.05, 4.69) is 5.32 Å². The molecule has 1 saturated carbocycles. The Labute approximate surface area is 121 Å². The summed E-state index contributed by atoms with van der Waals surface area (Å²) in [6, 6.07) is 1.66. The number of anilines is 1. The third-order valence-corrected chi connectivity index (χ3v) is 4.10. The summed E-state index contributed by atoms with van der Waals surface area (Å²) >= 11 is 0. The molecule has 21 heavy (non-hydrogen) atoms. The lowest BCUT2D eigenvalue weighted by molar-refractivity contribution is -0.384. The number of hydrogen-bond donors (Lipinski definition) is 2. The van der Waals surface area contributed by atoms with E-state index >= 15 is 0 Å². The second-order valence-electron chi connectivity index (χ2n) is 5.99. The highest BCUT2D eigenvalue weighted by Gasteiger charge is 2.35. The van der Waals surface area contributed by atoms with Gasteiger partial charge in [-0.1, -0.05) is 20.3 Å². The van der Waals surface area contributed by atoms with Gasteiger partial charge in [0.1, 0.15) is 17.1 Å². The number of carboxylic acid groups (broad SMARTS) is 1. The van der Waals surface area contributed by atoms with Crippen LogP contribution in [0.3, 0.4) is 0 Å². The van der Waals surface area contributed by atoms with Crippen molar-refractivity contribution in [3.05, 3.63) is 33.6 Å². The van der Waals surface area contributed by atoms with Gasteiger partial charge in [-0.25, -0.2) is 9.18 Å². The van der Waals surface area contributed by atoms with Crippen molar-refractivity contribution in [3.8, 4) is 0 Å². The Balaban J connectivity index is 2.41. The van der Waals surface area contributed by atoms with Gasteiger partial charge in [0.05, 0.1) is 4.92 Å². The van der Waals surface area contributed by atoms with E-state index in [0.29, 0.717) is 0 Å². The largest absolute Gasteiger partial charge is 0.478 e.